The molecule has 17 heavy (non-hydrogen) atoms. The van der Waals surface area contributed by atoms with Crippen molar-refractivity contribution in [2.24, 2.45) is 0 Å². The highest BCUT2D eigenvalue weighted by molar-refractivity contribution is 8.00. The summed E-state index contributed by atoms with van der Waals surface area (Å²) < 4.78 is 6.08. The first-order chi connectivity index (χ1) is 8.42. The SMILES string of the molecule is c1ccc2c(c1)CC(COC1CCCCC1)S2. The molecule has 0 bridgehead atoms. The molecule has 0 amide bonds. The Balaban J connectivity index is 1.48. The van der Waals surface area contributed by atoms with Crippen LogP contribution in [0.2, 0.25) is 0 Å². The van der Waals surface area contributed by atoms with E-state index >= 15 is 0 Å². The van der Waals surface area contributed by atoms with Crippen LogP contribution in [0.4, 0.5) is 0 Å². The van der Waals surface area contributed by atoms with Gasteiger partial charge in [0, 0.05) is 10.1 Å². The Morgan fingerprint density at radius 2 is 1.94 bits per heavy atom. The highest BCUT2D eigenvalue weighted by Crippen LogP contribution is 2.37. The molecule has 0 N–H and O–H groups in total. The summed E-state index contributed by atoms with van der Waals surface area (Å²) >= 11 is 2.00. The largest absolute Gasteiger partial charge is 0.377 e. The average molecular weight is 248 g/mol. The van der Waals surface area contributed by atoms with Gasteiger partial charge in [0.05, 0.1) is 12.7 Å². The maximum Gasteiger partial charge on any atom is 0.0595 e. The molecule has 1 aliphatic carbocycles. The Hall–Kier alpha value is -0.470. The van der Waals surface area contributed by atoms with E-state index in [1.54, 1.807) is 0 Å². The standard InChI is InChI=1S/C15H20OS/c1-2-7-13(8-3-1)16-11-14-10-12-6-4-5-9-15(12)17-14/h4-6,9,13-14H,1-3,7-8,10-11H2. The normalized spacial score (nSPS) is 24.8. The lowest BCUT2D eigenvalue weighted by Crippen LogP contribution is -2.21. The summed E-state index contributed by atoms with van der Waals surface area (Å²) in [7, 11) is 0. The molecule has 1 atom stereocenters. The molecular formula is C15H20OS. The molecule has 0 radical (unpaired) electrons. The van der Waals surface area contributed by atoms with Gasteiger partial charge in [0.2, 0.25) is 0 Å². The number of ether oxygens (including phenoxy) is 1. The molecule has 1 aliphatic heterocycles. The van der Waals surface area contributed by atoms with Crippen molar-refractivity contribution < 1.29 is 4.74 Å². The first-order valence-corrected chi connectivity index (χ1v) is 7.66. The van der Waals surface area contributed by atoms with Crippen LogP contribution in [0.1, 0.15) is 37.7 Å². The van der Waals surface area contributed by atoms with Gasteiger partial charge in [-0.2, -0.15) is 0 Å². The minimum absolute atomic E-state index is 0.549. The summed E-state index contributed by atoms with van der Waals surface area (Å²) in [6.07, 6.45) is 8.44. The van der Waals surface area contributed by atoms with Crippen LogP contribution in [0.3, 0.4) is 0 Å². The fourth-order valence-electron chi connectivity index (χ4n) is 2.82. The number of hydrogen-bond donors (Lipinski definition) is 0. The lowest BCUT2D eigenvalue weighted by atomic mass is 9.98. The van der Waals surface area contributed by atoms with Gasteiger partial charge in [-0.15, -0.1) is 11.8 Å². The topological polar surface area (TPSA) is 9.23 Å². The predicted octanol–water partition coefficient (Wildman–Crippen LogP) is 4.05. The van der Waals surface area contributed by atoms with Crippen LogP contribution in [0.5, 0.6) is 0 Å². The van der Waals surface area contributed by atoms with Gasteiger partial charge in [0.25, 0.3) is 0 Å². The fourth-order valence-corrected chi connectivity index (χ4v) is 4.05. The van der Waals surface area contributed by atoms with Crippen molar-refractivity contribution in [2.45, 2.75) is 54.8 Å². The van der Waals surface area contributed by atoms with Crippen molar-refractivity contribution in [1.82, 2.24) is 0 Å². The van der Waals surface area contributed by atoms with Crippen molar-refractivity contribution in [2.75, 3.05) is 6.61 Å². The fraction of sp³-hybridized carbons (Fsp3) is 0.600. The summed E-state index contributed by atoms with van der Waals surface area (Å²) in [6, 6.07) is 8.77. The summed E-state index contributed by atoms with van der Waals surface area (Å²) in [6.45, 7) is 0.935. The zero-order chi connectivity index (χ0) is 11.5. The molecule has 0 saturated heterocycles. The van der Waals surface area contributed by atoms with E-state index in [-0.39, 0.29) is 0 Å². The van der Waals surface area contributed by atoms with E-state index in [1.807, 2.05) is 11.8 Å². The average Bonchev–Trinajstić information content (AvgIpc) is 2.80. The number of hydrogen-bond acceptors (Lipinski definition) is 2. The molecule has 1 heterocycles. The molecule has 1 aromatic rings. The second kappa shape index (κ2) is 5.45. The summed E-state index contributed by atoms with van der Waals surface area (Å²) in [4.78, 5) is 1.46. The number of fused-ring (bicyclic) bond motifs is 1. The van der Waals surface area contributed by atoms with Crippen molar-refractivity contribution >= 4 is 11.8 Å². The molecule has 0 spiro atoms. The predicted molar refractivity (Wildman–Crippen MR) is 72.6 cm³/mol. The van der Waals surface area contributed by atoms with E-state index in [0.29, 0.717) is 11.4 Å². The second-order valence-electron chi connectivity index (χ2n) is 5.15. The zero-order valence-corrected chi connectivity index (χ0v) is 11.0. The highest BCUT2D eigenvalue weighted by atomic mass is 32.2. The first-order valence-electron chi connectivity index (χ1n) is 6.78. The van der Waals surface area contributed by atoms with Gasteiger partial charge in [-0.1, -0.05) is 37.5 Å². The summed E-state index contributed by atoms with van der Waals surface area (Å²) in [5.41, 5.74) is 1.51. The van der Waals surface area contributed by atoms with Gasteiger partial charge in [-0.25, -0.2) is 0 Å². The Bertz CT molecular complexity index is 346. The quantitative estimate of drug-likeness (QED) is 0.798. The Kier molecular flexibility index (Phi) is 3.72. The van der Waals surface area contributed by atoms with Gasteiger partial charge >= 0.3 is 0 Å². The number of rotatable bonds is 3. The Morgan fingerprint density at radius 1 is 1.12 bits per heavy atom. The van der Waals surface area contributed by atoms with E-state index in [4.69, 9.17) is 4.74 Å². The number of benzene rings is 1. The van der Waals surface area contributed by atoms with Gasteiger partial charge in [0.1, 0.15) is 0 Å². The first kappa shape index (κ1) is 11.6. The van der Waals surface area contributed by atoms with Gasteiger partial charge in [-0.05, 0) is 30.9 Å². The molecule has 2 aliphatic rings. The molecular weight excluding hydrogens is 228 g/mol. The lowest BCUT2D eigenvalue weighted by Gasteiger charge is -2.23. The Labute approximate surface area is 108 Å². The molecule has 2 heteroatoms. The molecule has 0 aromatic heterocycles. The van der Waals surface area contributed by atoms with E-state index in [2.05, 4.69) is 24.3 Å². The minimum Gasteiger partial charge on any atom is -0.377 e. The van der Waals surface area contributed by atoms with Crippen LogP contribution < -0.4 is 0 Å². The van der Waals surface area contributed by atoms with Gasteiger partial charge in [0.15, 0.2) is 0 Å². The van der Waals surface area contributed by atoms with Crippen LogP contribution in [0, 0.1) is 0 Å². The van der Waals surface area contributed by atoms with Crippen molar-refractivity contribution in [3.63, 3.8) is 0 Å². The number of thioether (sulfide) groups is 1. The minimum atomic E-state index is 0.549. The molecule has 3 rings (SSSR count). The molecule has 92 valence electrons. The van der Waals surface area contributed by atoms with Crippen LogP contribution in [0.15, 0.2) is 29.2 Å². The van der Waals surface area contributed by atoms with E-state index < -0.39 is 0 Å². The highest BCUT2D eigenvalue weighted by Gasteiger charge is 2.23. The van der Waals surface area contributed by atoms with E-state index in [1.165, 1.54) is 49.0 Å². The zero-order valence-electron chi connectivity index (χ0n) is 10.2. The van der Waals surface area contributed by atoms with Crippen molar-refractivity contribution in [1.29, 1.82) is 0 Å². The van der Waals surface area contributed by atoms with E-state index in [9.17, 15) is 0 Å². The molecule has 1 aromatic carbocycles. The smallest absolute Gasteiger partial charge is 0.0595 e. The maximum atomic E-state index is 6.08. The molecule has 1 nitrogen and oxygen atoms in total. The second-order valence-corrected chi connectivity index (χ2v) is 6.49. The van der Waals surface area contributed by atoms with Crippen LogP contribution in [-0.4, -0.2) is 18.0 Å². The maximum absolute atomic E-state index is 6.08. The third-order valence-corrected chi connectivity index (χ3v) is 5.07. The molecule has 1 saturated carbocycles. The summed E-state index contributed by atoms with van der Waals surface area (Å²) in [5.74, 6) is 0. The van der Waals surface area contributed by atoms with Crippen molar-refractivity contribution in [3.8, 4) is 0 Å². The lowest BCUT2D eigenvalue weighted by molar-refractivity contribution is 0.0297. The van der Waals surface area contributed by atoms with E-state index in [0.717, 1.165) is 6.61 Å². The molecule has 1 fully saturated rings. The Morgan fingerprint density at radius 3 is 2.76 bits per heavy atom. The van der Waals surface area contributed by atoms with Gasteiger partial charge in [-0.3, -0.25) is 0 Å². The molecule has 1 unspecified atom stereocenters. The third-order valence-electron chi connectivity index (χ3n) is 3.78. The van der Waals surface area contributed by atoms with Gasteiger partial charge < -0.3 is 4.74 Å². The van der Waals surface area contributed by atoms with Crippen LogP contribution >= 0.6 is 11.8 Å². The third kappa shape index (κ3) is 2.86. The summed E-state index contributed by atoms with van der Waals surface area (Å²) in [5, 5.41) is 0.648. The van der Waals surface area contributed by atoms with Crippen LogP contribution in [0.25, 0.3) is 0 Å². The van der Waals surface area contributed by atoms with Crippen LogP contribution in [-0.2, 0) is 11.2 Å². The van der Waals surface area contributed by atoms with Crippen molar-refractivity contribution in [3.05, 3.63) is 29.8 Å². The monoisotopic (exact) mass is 248 g/mol.